The summed E-state index contributed by atoms with van der Waals surface area (Å²) < 4.78 is 10.6. The Morgan fingerprint density at radius 2 is 2.00 bits per heavy atom. The van der Waals surface area contributed by atoms with Crippen molar-refractivity contribution in [1.82, 2.24) is 4.90 Å². The van der Waals surface area contributed by atoms with Gasteiger partial charge in [0.1, 0.15) is 12.3 Å². The molecule has 6 nitrogen and oxygen atoms in total. The number of aromatic hydroxyl groups is 1. The van der Waals surface area contributed by atoms with Crippen LogP contribution in [0.3, 0.4) is 0 Å². The third-order valence-electron chi connectivity index (χ3n) is 4.50. The molecule has 0 aliphatic carbocycles. The van der Waals surface area contributed by atoms with E-state index in [4.69, 9.17) is 9.47 Å². The van der Waals surface area contributed by atoms with Crippen molar-refractivity contribution in [3.05, 3.63) is 40.1 Å². The van der Waals surface area contributed by atoms with Crippen LogP contribution in [0.4, 0.5) is 0 Å². The smallest absolute Gasteiger partial charge is 0.264 e. The topological polar surface area (TPSA) is 63.4 Å². The maximum atomic E-state index is 12.4. The van der Waals surface area contributed by atoms with E-state index in [1.54, 1.807) is 6.07 Å². The zero-order chi connectivity index (χ0) is 16.5. The minimum Gasteiger partial charge on any atom is -0.507 e. The summed E-state index contributed by atoms with van der Waals surface area (Å²) in [6.07, 6.45) is 0. The van der Waals surface area contributed by atoms with E-state index in [9.17, 15) is 9.90 Å². The first-order valence-corrected chi connectivity index (χ1v) is 8.86. The maximum absolute atomic E-state index is 12.4. The van der Waals surface area contributed by atoms with Gasteiger partial charge in [-0.1, -0.05) is 6.07 Å². The van der Waals surface area contributed by atoms with Crippen molar-refractivity contribution in [3.63, 3.8) is 0 Å². The van der Waals surface area contributed by atoms with Crippen molar-refractivity contribution >= 4 is 17.2 Å². The number of phenolic OH excluding ortho intramolecular Hbond substituents is 1. The van der Waals surface area contributed by atoms with E-state index in [0.29, 0.717) is 18.0 Å². The summed E-state index contributed by atoms with van der Waals surface area (Å²) in [6.45, 7) is 4.11. The molecule has 1 fully saturated rings. The van der Waals surface area contributed by atoms with Crippen molar-refractivity contribution in [2.75, 3.05) is 33.0 Å². The van der Waals surface area contributed by atoms with Gasteiger partial charge in [0, 0.05) is 6.07 Å². The molecule has 1 amide bonds. The molecule has 1 aromatic heterocycles. The lowest BCUT2D eigenvalue weighted by Crippen LogP contribution is -3.13. The van der Waals surface area contributed by atoms with Crippen LogP contribution in [0.2, 0.25) is 0 Å². The highest BCUT2D eigenvalue weighted by atomic mass is 32.1. The van der Waals surface area contributed by atoms with Crippen LogP contribution in [0.5, 0.6) is 17.2 Å². The van der Waals surface area contributed by atoms with Crippen molar-refractivity contribution in [1.29, 1.82) is 0 Å². The molecule has 7 heteroatoms. The van der Waals surface area contributed by atoms with E-state index >= 15 is 0 Å². The number of amides is 1. The number of phenols is 1. The largest absolute Gasteiger partial charge is 0.507 e. The molecule has 1 aromatic carbocycles. The van der Waals surface area contributed by atoms with Gasteiger partial charge in [-0.05, 0) is 17.5 Å². The number of rotatable bonds is 3. The second kappa shape index (κ2) is 6.33. The van der Waals surface area contributed by atoms with Gasteiger partial charge in [0.2, 0.25) is 6.79 Å². The van der Waals surface area contributed by atoms with E-state index in [2.05, 4.69) is 0 Å². The highest BCUT2D eigenvalue weighted by molar-refractivity contribution is 7.12. The molecule has 1 saturated heterocycles. The molecule has 2 aromatic rings. The number of fused-ring (bicyclic) bond motifs is 1. The molecule has 0 radical (unpaired) electrons. The Hall–Kier alpha value is -2.25. The van der Waals surface area contributed by atoms with E-state index < -0.39 is 0 Å². The van der Waals surface area contributed by atoms with E-state index in [0.717, 1.165) is 36.6 Å². The highest BCUT2D eigenvalue weighted by Gasteiger charge is 2.26. The fourth-order valence-electron chi connectivity index (χ4n) is 3.14. The minimum absolute atomic E-state index is 0.120. The van der Waals surface area contributed by atoms with Crippen LogP contribution in [-0.4, -0.2) is 48.9 Å². The summed E-state index contributed by atoms with van der Waals surface area (Å²) in [7, 11) is 0. The third-order valence-corrected chi connectivity index (χ3v) is 5.36. The molecule has 2 N–H and O–H groups in total. The Bertz CT molecular complexity index is 739. The third kappa shape index (κ3) is 2.92. The fourth-order valence-corrected chi connectivity index (χ4v) is 3.83. The molecule has 126 valence electrons. The Morgan fingerprint density at radius 1 is 1.25 bits per heavy atom. The number of hydrogen-bond donors (Lipinski definition) is 2. The maximum Gasteiger partial charge on any atom is 0.264 e. The van der Waals surface area contributed by atoms with Gasteiger partial charge >= 0.3 is 0 Å². The van der Waals surface area contributed by atoms with Gasteiger partial charge in [-0.3, -0.25) is 4.79 Å². The van der Waals surface area contributed by atoms with Crippen LogP contribution in [0.15, 0.2) is 29.6 Å². The van der Waals surface area contributed by atoms with Gasteiger partial charge in [-0.2, -0.15) is 0 Å². The molecule has 0 atom stereocenters. The summed E-state index contributed by atoms with van der Waals surface area (Å²) in [5.74, 6) is 1.64. The Balaban J connectivity index is 1.38. The summed E-state index contributed by atoms with van der Waals surface area (Å²) >= 11 is 1.48. The minimum atomic E-state index is 0.120. The molecular weight excluding hydrogens is 328 g/mol. The molecule has 0 bridgehead atoms. The number of ether oxygens (including phenoxy) is 2. The highest BCUT2D eigenvalue weighted by Crippen LogP contribution is 2.37. The number of hydrogen-bond acceptors (Lipinski definition) is 5. The molecular formula is C17H19N2O4S+. The molecule has 0 saturated carbocycles. The van der Waals surface area contributed by atoms with Crippen molar-refractivity contribution in [3.8, 4) is 17.2 Å². The molecule has 24 heavy (non-hydrogen) atoms. The summed E-state index contributed by atoms with van der Waals surface area (Å²) in [5.41, 5.74) is 0.854. The molecule has 3 heterocycles. The second-order valence-corrected chi connectivity index (χ2v) is 6.98. The number of piperazine rings is 1. The number of nitrogens with zero attached hydrogens (tertiary/aromatic N) is 1. The lowest BCUT2D eigenvalue weighted by Gasteiger charge is -2.32. The van der Waals surface area contributed by atoms with Crippen molar-refractivity contribution in [2.45, 2.75) is 6.54 Å². The van der Waals surface area contributed by atoms with Crippen LogP contribution in [0.25, 0.3) is 0 Å². The number of quaternary nitrogens is 1. The van der Waals surface area contributed by atoms with Crippen LogP contribution in [0.1, 0.15) is 15.2 Å². The Kier molecular flexibility index (Phi) is 4.03. The fraction of sp³-hybridized carbons (Fsp3) is 0.353. The SMILES string of the molecule is O=C(c1cccs1)N1CC[NH+](Cc2cc3c(cc2O)OCO3)CC1. The molecule has 2 aliphatic rings. The number of nitrogens with one attached hydrogen (secondary N) is 1. The van der Waals surface area contributed by atoms with E-state index in [1.165, 1.54) is 16.2 Å². The lowest BCUT2D eigenvalue weighted by molar-refractivity contribution is -0.917. The van der Waals surface area contributed by atoms with Gasteiger partial charge in [-0.25, -0.2) is 0 Å². The first-order valence-electron chi connectivity index (χ1n) is 7.98. The second-order valence-electron chi connectivity index (χ2n) is 6.03. The van der Waals surface area contributed by atoms with Crippen LogP contribution in [-0.2, 0) is 6.54 Å². The van der Waals surface area contributed by atoms with Crippen LogP contribution >= 0.6 is 11.3 Å². The first-order chi connectivity index (χ1) is 11.7. The van der Waals surface area contributed by atoms with Gasteiger partial charge in [0.15, 0.2) is 11.5 Å². The molecule has 4 rings (SSSR count). The Labute approximate surface area is 143 Å². The molecule has 2 aliphatic heterocycles. The van der Waals surface area contributed by atoms with Crippen LogP contribution < -0.4 is 14.4 Å². The predicted molar refractivity (Wildman–Crippen MR) is 88.9 cm³/mol. The standard InChI is InChI=1S/C17H18N2O4S/c20-13-9-15-14(22-11-23-15)8-12(13)10-18-3-5-19(6-4-18)17(21)16-2-1-7-24-16/h1-2,7-9,20H,3-6,10-11H2/p+1. The quantitative estimate of drug-likeness (QED) is 0.859. The lowest BCUT2D eigenvalue weighted by atomic mass is 10.1. The Morgan fingerprint density at radius 3 is 2.71 bits per heavy atom. The number of carbonyl (C=O) groups excluding carboxylic acids is 1. The van der Waals surface area contributed by atoms with Crippen LogP contribution in [0, 0.1) is 0 Å². The van der Waals surface area contributed by atoms with Gasteiger partial charge in [0.25, 0.3) is 5.91 Å². The number of carbonyl (C=O) groups is 1. The van der Waals surface area contributed by atoms with Gasteiger partial charge < -0.3 is 24.4 Å². The predicted octanol–water partition coefficient (Wildman–Crippen LogP) is 0.723. The van der Waals surface area contributed by atoms with E-state index in [1.807, 2.05) is 28.5 Å². The number of benzene rings is 1. The monoisotopic (exact) mass is 347 g/mol. The van der Waals surface area contributed by atoms with Gasteiger partial charge in [-0.15, -0.1) is 11.3 Å². The normalized spacial score (nSPS) is 17.2. The zero-order valence-electron chi connectivity index (χ0n) is 13.2. The molecule has 0 spiro atoms. The number of thiophene rings is 1. The first kappa shape index (κ1) is 15.3. The van der Waals surface area contributed by atoms with E-state index in [-0.39, 0.29) is 18.4 Å². The average molecular weight is 347 g/mol. The zero-order valence-corrected chi connectivity index (χ0v) is 14.0. The van der Waals surface area contributed by atoms with Gasteiger partial charge in [0.05, 0.1) is 36.6 Å². The average Bonchev–Trinajstić information content (AvgIpc) is 3.26. The van der Waals surface area contributed by atoms with Crippen molar-refractivity contribution < 1.29 is 24.3 Å². The molecule has 0 unspecified atom stereocenters. The summed E-state index contributed by atoms with van der Waals surface area (Å²) in [5, 5.41) is 12.1. The summed E-state index contributed by atoms with van der Waals surface area (Å²) in [4.78, 5) is 16.4. The summed E-state index contributed by atoms with van der Waals surface area (Å²) in [6, 6.07) is 7.25. The van der Waals surface area contributed by atoms with Crippen molar-refractivity contribution in [2.24, 2.45) is 0 Å².